The Morgan fingerprint density at radius 3 is 1.20 bits per heavy atom. The molecule has 0 spiro atoms. The molecule has 4 atom stereocenters. The summed E-state index contributed by atoms with van der Waals surface area (Å²) in [6.07, 6.45) is 26.9. The van der Waals surface area contributed by atoms with Gasteiger partial charge in [0.15, 0.2) is 0 Å². The van der Waals surface area contributed by atoms with E-state index in [1.807, 2.05) is 0 Å². The molecule has 240 valence electrons. The van der Waals surface area contributed by atoms with Gasteiger partial charge in [0.25, 0.3) is 0 Å². The lowest BCUT2D eigenvalue weighted by atomic mass is 9.99. The van der Waals surface area contributed by atoms with E-state index in [2.05, 4.69) is 19.2 Å². The molecule has 0 saturated heterocycles. The normalized spacial score (nSPS) is 14.7. The van der Waals surface area contributed by atoms with E-state index >= 15 is 0 Å². The Balaban J connectivity index is 3.83. The summed E-state index contributed by atoms with van der Waals surface area (Å²) in [6.45, 7) is 4.01. The summed E-state index contributed by atoms with van der Waals surface area (Å²) in [5.74, 6) is -0.585. The molecule has 0 fully saturated rings. The lowest BCUT2D eigenvalue weighted by Gasteiger charge is -2.27. The van der Waals surface area contributed by atoms with Gasteiger partial charge in [0.05, 0.1) is 18.8 Å². The number of hydrogen-bond donors (Lipinski definition) is 5. The zero-order valence-electron chi connectivity index (χ0n) is 26.6. The lowest BCUT2D eigenvalue weighted by Crippen LogP contribution is -2.53. The Hall–Kier alpha value is -0.690. The molecule has 0 radical (unpaired) electrons. The van der Waals surface area contributed by atoms with Gasteiger partial charge in [0.1, 0.15) is 12.2 Å². The van der Waals surface area contributed by atoms with Gasteiger partial charge in [-0.1, -0.05) is 168 Å². The van der Waals surface area contributed by atoms with Crippen LogP contribution < -0.4 is 5.32 Å². The molecule has 0 aromatic heterocycles. The highest BCUT2D eigenvalue weighted by molar-refractivity contribution is 5.80. The molecule has 0 saturated carbocycles. The van der Waals surface area contributed by atoms with Crippen molar-refractivity contribution in [1.29, 1.82) is 0 Å². The van der Waals surface area contributed by atoms with E-state index in [1.165, 1.54) is 116 Å². The second-order valence-corrected chi connectivity index (χ2v) is 12.2. The summed E-state index contributed by atoms with van der Waals surface area (Å²) in [5.41, 5.74) is 0. The smallest absolute Gasteiger partial charge is 0.249 e. The molecule has 0 aliphatic heterocycles. The fraction of sp³-hybridized carbons (Fsp3) is 0.971. The van der Waals surface area contributed by atoms with Gasteiger partial charge in [-0.05, 0) is 12.8 Å². The summed E-state index contributed by atoms with van der Waals surface area (Å²) >= 11 is 0. The van der Waals surface area contributed by atoms with Crippen molar-refractivity contribution in [2.45, 2.75) is 205 Å². The third kappa shape index (κ3) is 24.0. The molecule has 0 rings (SSSR count). The van der Waals surface area contributed by atoms with E-state index in [9.17, 15) is 25.2 Å². The van der Waals surface area contributed by atoms with Gasteiger partial charge >= 0.3 is 0 Å². The highest BCUT2D eigenvalue weighted by Crippen LogP contribution is 2.16. The predicted octanol–water partition coefficient (Wildman–Crippen LogP) is 7.73. The van der Waals surface area contributed by atoms with Crippen molar-refractivity contribution in [3.63, 3.8) is 0 Å². The minimum Gasteiger partial charge on any atom is -0.394 e. The highest BCUT2D eigenvalue weighted by Gasteiger charge is 2.28. The maximum atomic E-state index is 12.4. The molecule has 40 heavy (non-hydrogen) atoms. The molecule has 5 N–H and O–H groups in total. The number of nitrogens with one attached hydrogen (secondary N) is 1. The number of carbonyl (C=O) groups excluding carboxylic acids is 1. The Labute approximate surface area is 248 Å². The van der Waals surface area contributed by atoms with Crippen molar-refractivity contribution < 1.29 is 25.2 Å². The van der Waals surface area contributed by atoms with Crippen LogP contribution in [0, 0.1) is 0 Å². The fourth-order valence-corrected chi connectivity index (χ4v) is 5.46. The standard InChI is InChI=1S/C34H69NO5/c1-3-5-7-9-11-13-15-17-19-21-23-25-27-31(37)33(39)30(29-36)35-34(40)32(38)28-26-24-22-20-18-16-14-12-10-8-6-4-2/h30-33,36-39H,3-29H2,1-2H3,(H,35,40)/t30-,31+,32?,33-/m0/s1. The van der Waals surface area contributed by atoms with Crippen LogP contribution in [0.25, 0.3) is 0 Å². The molecule has 0 heterocycles. The van der Waals surface area contributed by atoms with Crippen LogP contribution in [0.4, 0.5) is 0 Å². The van der Waals surface area contributed by atoms with Crippen LogP contribution in [0.15, 0.2) is 0 Å². The molecule has 1 amide bonds. The first kappa shape index (κ1) is 39.3. The molecular formula is C34H69NO5. The van der Waals surface area contributed by atoms with Gasteiger partial charge in [0.2, 0.25) is 5.91 Å². The minimum absolute atomic E-state index is 0.374. The van der Waals surface area contributed by atoms with Crippen LogP contribution in [-0.4, -0.2) is 57.3 Å². The van der Waals surface area contributed by atoms with Crippen molar-refractivity contribution in [1.82, 2.24) is 5.32 Å². The van der Waals surface area contributed by atoms with Gasteiger partial charge in [-0.3, -0.25) is 4.79 Å². The summed E-state index contributed by atoms with van der Waals surface area (Å²) in [7, 11) is 0. The molecule has 0 aliphatic rings. The average molecular weight is 572 g/mol. The first-order valence-electron chi connectivity index (χ1n) is 17.4. The van der Waals surface area contributed by atoms with E-state index in [-0.39, 0.29) is 0 Å². The van der Waals surface area contributed by atoms with Crippen LogP contribution >= 0.6 is 0 Å². The maximum Gasteiger partial charge on any atom is 0.249 e. The average Bonchev–Trinajstić information content (AvgIpc) is 2.96. The highest BCUT2D eigenvalue weighted by atomic mass is 16.3. The Bertz CT molecular complexity index is 532. The Morgan fingerprint density at radius 2 is 0.850 bits per heavy atom. The quantitative estimate of drug-likeness (QED) is 0.0547. The van der Waals surface area contributed by atoms with Gasteiger partial charge in [0, 0.05) is 0 Å². The molecule has 1 unspecified atom stereocenters. The number of unbranched alkanes of at least 4 members (excludes halogenated alkanes) is 22. The number of rotatable bonds is 31. The summed E-state index contributed by atoms with van der Waals surface area (Å²) in [6, 6.07) is -0.976. The number of aliphatic hydroxyl groups is 4. The number of carbonyl (C=O) groups is 1. The Morgan fingerprint density at radius 1 is 0.525 bits per heavy atom. The van der Waals surface area contributed by atoms with Gasteiger partial charge in [-0.15, -0.1) is 0 Å². The molecule has 0 aliphatic carbocycles. The van der Waals surface area contributed by atoms with E-state index in [4.69, 9.17) is 0 Å². The van der Waals surface area contributed by atoms with E-state index in [0.29, 0.717) is 12.8 Å². The SMILES string of the molecule is CCCCCCCCCCCCCCC(O)C(=O)N[C@@H](CO)[C@H](O)[C@H](O)CCCCCCCCCCCCCC. The number of amides is 1. The minimum atomic E-state index is -1.25. The van der Waals surface area contributed by atoms with Crippen molar-refractivity contribution >= 4 is 5.91 Å². The van der Waals surface area contributed by atoms with Gasteiger partial charge in [-0.25, -0.2) is 0 Å². The molecule has 0 aromatic rings. The lowest BCUT2D eigenvalue weighted by molar-refractivity contribution is -0.132. The van der Waals surface area contributed by atoms with Crippen LogP contribution in [0.1, 0.15) is 181 Å². The van der Waals surface area contributed by atoms with E-state index in [1.54, 1.807) is 0 Å². The van der Waals surface area contributed by atoms with Crippen LogP contribution in [0.2, 0.25) is 0 Å². The molecule has 6 heteroatoms. The second kappa shape index (κ2) is 29.8. The second-order valence-electron chi connectivity index (χ2n) is 12.2. The molecule has 0 aromatic carbocycles. The Kier molecular flexibility index (Phi) is 29.3. The summed E-state index contributed by atoms with van der Waals surface area (Å²) in [5, 5.41) is 43.3. The number of hydrogen-bond acceptors (Lipinski definition) is 5. The third-order valence-corrected chi connectivity index (χ3v) is 8.32. The molecular weight excluding hydrogens is 502 g/mol. The first-order valence-corrected chi connectivity index (χ1v) is 17.4. The van der Waals surface area contributed by atoms with Crippen LogP contribution in [0.3, 0.4) is 0 Å². The van der Waals surface area contributed by atoms with E-state index in [0.717, 1.165) is 38.5 Å². The van der Waals surface area contributed by atoms with Crippen molar-refractivity contribution in [3.05, 3.63) is 0 Å². The van der Waals surface area contributed by atoms with Crippen molar-refractivity contribution in [3.8, 4) is 0 Å². The third-order valence-electron chi connectivity index (χ3n) is 8.32. The molecule has 6 nitrogen and oxygen atoms in total. The maximum absolute atomic E-state index is 12.4. The van der Waals surface area contributed by atoms with Crippen LogP contribution in [0.5, 0.6) is 0 Å². The number of aliphatic hydroxyl groups excluding tert-OH is 4. The van der Waals surface area contributed by atoms with Crippen molar-refractivity contribution in [2.24, 2.45) is 0 Å². The van der Waals surface area contributed by atoms with Crippen molar-refractivity contribution in [2.75, 3.05) is 6.61 Å². The summed E-state index contributed by atoms with van der Waals surface area (Å²) in [4.78, 5) is 12.4. The zero-order valence-corrected chi connectivity index (χ0v) is 26.6. The van der Waals surface area contributed by atoms with Gasteiger partial charge in [-0.2, -0.15) is 0 Å². The fourth-order valence-electron chi connectivity index (χ4n) is 5.46. The van der Waals surface area contributed by atoms with Gasteiger partial charge < -0.3 is 25.7 Å². The monoisotopic (exact) mass is 572 g/mol. The van der Waals surface area contributed by atoms with Crippen LogP contribution in [-0.2, 0) is 4.79 Å². The first-order chi connectivity index (χ1) is 19.5. The van der Waals surface area contributed by atoms with E-state index < -0.39 is 36.9 Å². The predicted molar refractivity (Wildman–Crippen MR) is 168 cm³/mol. The zero-order chi connectivity index (χ0) is 29.7. The topological polar surface area (TPSA) is 110 Å². The largest absolute Gasteiger partial charge is 0.394 e. The molecule has 0 bridgehead atoms. The summed E-state index contributed by atoms with van der Waals surface area (Å²) < 4.78 is 0.